The van der Waals surface area contributed by atoms with Gasteiger partial charge in [-0.1, -0.05) is 84.4 Å². The van der Waals surface area contributed by atoms with Gasteiger partial charge >= 0.3 is 7.82 Å². The van der Waals surface area contributed by atoms with Crippen molar-refractivity contribution < 1.29 is 41.9 Å². The fourth-order valence-corrected chi connectivity index (χ4v) is 8.94. The van der Waals surface area contributed by atoms with E-state index in [2.05, 4.69) is 20.3 Å². The molecule has 0 aliphatic carbocycles. The van der Waals surface area contributed by atoms with Crippen molar-refractivity contribution in [3.63, 3.8) is 0 Å². The molecule has 1 saturated heterocycles. The Bertz CT molecular complexity index is 2710. The number of nitriles is 1. The molecule has 8 rings (SSSR count). The monoisotopic (exact) mass is 900 g/mol. The molecule has 15 nitrogen and oxygen atoms in total. The molecule has 17 heteroatoms. The summed E-state index contributed by atoms with van der Waals surface area (Å²) in [5.74, 6) is 1.30. The van der Waals surface area contributed by atoms with E-state index in [1.54, 1.807) is 55.2 Å². The summed E-state index contributed by atoms with van der Waals surface area (Å²) in [5.41, 5.74) is 2.20. The smallest absolute Gasteiger partial charge is 0.497 e. The van der Waals surface area contributed by atoms with Crippen LogP contribution in [0.15, 0.2) is 146 Å². The van der Waals surface area contributed by atoms with Gasteiger partial charge in [-0.15, -0.1) is 0 Å². The first-order chi connectivity index (χ1) is 31.2. The van der Waals surface area contributed by atoms with Gasteiger partial charge in [-0.3, -0.25) is 18.4 Å². The number of nitrogens with one attached hydrogen (secondary N) is 1. The van der Waals surface area contributed by atoms with E-state index in [-0.39, 0.29) is 43.5 Å². The minimum Gasteiger partial charge on any atom is -0.497 e. The first kappa shape index (κ1) is 44.0. The van der Waals surface area contributed by atoms with E-state index in [0.29, 0.717) is 33.2 Å². The molecule has 7 aromatic rings. The van der Waals surface area contributed by atoms with Crippen molar-refractivity contribution in [2.75, 3.05) is 32.8 Å². The average molecular weight is 901 g/mol. The van der Waals surface area contributed by atoms with Gasteiger partial charge < -0.3 is 28.8 Å². The van der Waals surface area contributed by atoms with Gasteiger partial charge in [-0.05, 0) is 77.4 Å². The standard InChI is InChI=1S/C47H42ClN6O9P/c1-57-37-20-14-34(15-21-37)47(33-12-7-4-8-13-33,35-16-22-38(58-2)23-17-35)59-29-41-40(63-64(56,60-27-9-26-49)62-39-24-18-36(48)19-25-39)28-42(61-41)54-31-52-43-44(50-30-51-45(43)54)53-46(55)32-10-5-3-6-11-32/h3-8,10-25,30-31,40-42H,9,27-29H2,1-2H3,(H,50,51,53,55)/t40-,41+,42+,64?/m0/s1. The van der Waals surface area contributed by atoms with E-state index >= 15 is 0 Å². The molecule has 1 aliphatic rings. The van der Waals surface area contributed by atoms with Crippen molar-refractivity contribution in [1.29, 1.82) is 5.26 Å². The van der Waals surface area contributed by atoms with Crippen LogP contribution in [0.3, 0.4) is 0 Å². The number of hydrogen-bond acceptors (Lipinski definition) is 13. The lowest BCUT2D eigenvalue weighted by Crippen LogP contribution is -2.38. The number of carbonyl (C=O) groups is 1. The number of aromatic nitrogens is 4. The lowest BCUT2D eigenvalue weighted by Gasteiger charge is -2.37. The van der Waals surface area contributed by atoms with Crippen molar-refractivity contribution in [2.45, 2.75) is 36.9 Å². The van der Waals surface area contributed by atoms with Crippen LogP contribution in [0.5, 0.6) is 17.2 Å². The topological polar surface area (TPSA) is 178 Å². The predicted octanol–water partition coefficient (Wildman–Crippen LogP) is 9.55. The SMILES string of the molecule is COc1ccc(C(OC[C@H]2O[C@@H](n3cnc4c(NC(=O)c5ccccc5)ncnc43)C[C@@H]2OP(=O)(OCCC#N)Oc2ccc(Cl)cc2)(c2ccccc2)c2ccc(OC)cc2)cc1. The van der Waals surface area contributed by atoms with Crippen molar-refractivity contribution in [3.05, 3.63) is 173 Å². The number of rotatable bonds is 18. The molecule has 0 spiro atoms. The Morgan fingerprint density at radius 2 is 1.45 bits per heavy atom. The molecule has 5 aromatic carbocycles. The van der Waals surface area contributed by atoms with Gasteiger partial charge in [-0.25, -0.2) is 19.5 Å². The first-order valence-corrected chi connectivity index (χ1v) is 22.0. The van der Waals surface area contributed by atoms with Crippen LogP contribution in [0.1, 0.15) is 46.1 Å². The highest BCUT2D eigenvalue weighted by atomic mass is 35.5. The highest BCUT2D eigenvalue weighted by Gasteiger charge is 2.47. The van der Waals surface area contributed by atoms with Crippen LogP contribution >= 0.6 is 19.4 Å². The zero-order chi connectivity index (χ0) is 44.5. The molecule has 0 saturated carbocycles. The number of hydrogen-bond donors (Lipinski definition) is 1. The molecule has 0 radical (unpaired) electrons. The van der Waals surface area contributed by atoms with E-state index in [4.69, 9.17) is 44.1 Å². The molecule has 1 unspecified atom stereocenters. The third kappa shape index (κ3) is 9.63. The molecule has 1 fully saturated rings. The Hall–Kier alpha value is -6.63. The number of nitrogens with zero attached hydrogens (tertiary/aromatic N) is 5. The summed E-state index contributed by atoms with van der Waals surface area (Å²) in [6, 6.07) is 41.9. The van der Waals surface area contributed by atoms with Crippen LogP contribution in [0.25, 0.3) is 11.2 Å². The molecule has 4 atom stereocenters. The Kier molecular flexibility index (Phi) is 13.6. The average Bonchev–Trinajstić information content (AvgIpc) is 3.95. The zero-order valence-corrected chi connectivity index (χ0v) is 36.3. The molecule has 2 aromatic heterocycles. The minimum absolute atomic E-state index is 0.0776. The maximum absolute atomic E-state index is 14.7. The fraction of sp³-hybridized carbons (Fsp3) is 0.213. The molecule has 1 amide bonds. The number of fused-ring (bicyclic) bond motifs is 1. The van der Waals surface area contributed by atoms with Gasteiger partial charge in [0, 0.05) is 17.0 Å². The van der Waals surface area contributed by atoms with Crippen molar-refractivity contribution in [3.8, 4) is 23.3 Å². The van der Waals surface area contributed by atoms with Crippen LogP contribution in [0.2, 0.25) is 5.02 Å². The van der Waals surface area contributed by atoms with E-state index < -0.39 is 31.9 Å². The first-order valence-electron chi connectivity index (χ1n) is 20.1. The summed E-state index contributed by atoms with van der Waals surface area (Å²) in [6.07, 6.45) is 0.0603. The molecular weight excluding hydrogens is 859 g/mol. The molecular formula is C47H42ClN6O9P. The summed E-state index contributed by atoms with van der Waals surface area (Å²) in [4.78, 5) is 26.6. The van der Waals surface area contributed by atoms with Gasteiger partial charge in [0.2, 0.25) is 0 Å². The van der Waals surface area contributed by atoms with E-state index in [1.807, 2.05) is 91.0 Å². The number of halogens is 1. The molecule has 1 N–H and O–H groups in total. The second-order valence-corrected chi connectivity index (χ2v) is 16.4. The molecule has 3 heterocycles. The second-order valence-electron chi connectivity index (χ2n) is 14.4. The Morgan fingerprint density at radius 3 is 2.08 bits per heavy atom. The van der Waals surface area contributed by atoms with Crippen molar-refractivity contribution in [2.24, 2.45) is 0 Å². The third-order valence-corrected chi connectivity index (χ3v) is 12.2. The number of phosphoric ester groups is 1. The van der Waals surface area contributed by atoms with E-state index in [9.17, 15) is 14.6 Å². The normalized spacial score (nSPS) is 17.0. The number of amides is 1. The largest absolute Gasteiger partial charge is 0.530 e. The van der Waals surface area contributed by atoms with E-state index in [1.165, 1.54) is 24.8 Å². The summed E-state index contributed by atoms with van der Waals surface area (Å²) in [7, 11) is -1.29. The number of phosphoric acid groups is 1. The maximum Gasteiger partial charge on any atom is 0.530 e. The van der Waals surface area contributed by atoms with Gasteiger partial charge in [0.05, 0.1) is 46.3 Å². The number of benzene rings is 5. The Labute approximate surface area is 374 Å². The van der Waals surface area contributed by atoms with Gasteiger partial charge in [-0.2, -0.15) is 5.26 Å². The van der Waals surface area contributed by atoms with Crippen molar-refractivity contribution >= 4 is 42.3 Å². The van der Waals surface area contributed by atoms with Crippen LogP contribution in [0.4, 0.5) is 5.82 Å². The van der Waals surface area contributed by atoms with Crippen LogP contribution in [-0.2, 0) is 28.7 Å². The highest BCUT2D eigenvalue weighted by molar-refractivity contribution is 7.49. The second kappa shape index (κ2) is 19.8. The number of anilines is 1. The van der Waals surface area contributed by atoms with Crippen molar-refractivity contribution in [1.82, 2.24) is 19.5 Å². The molecule has 64 heavy (non-hydrogen) atoms. The number of ether oxygens (including phenoxy) is 4. The van der Waals surface area contributed by atoms with Gasteiger partial charge in [0.15, 0.2) is 17.0 Å². The van der Waals surface area contributed by atoms with Gasteiger partial charge in [0.25, 0.3) is 5.91 Å². The number of imidazole rings is 1. The zero-order valence-electron chi connectivity index (χ0n) is 34.7. The molecule has 0 bridgehead atoms. The fourth-order valence-electron chi connectivity index (χ4n) is 7.41. The Morgan fingerprint density at radius 1 is 0.844 bits per heavy atom. The maximum atomic E-state index is 14.7. The third-order valence-electron chi connectivity index (χ3n) is 10.5. The summed E-state index contributed by atoms with van der Waals surface area (Å²) in [5, 5.41) is 12.6. The summed E-state index contributed by atoms with van der Waals surface area (Å²) >= 11 is 6.14. The summed E-state index contributed by atoms with van der Waals surface area (Å²) < 4.78 is 59.6. The van der Waals surface area contributed by atoms with Crippen LogP contribution in [0, 0.1) is 11.3 Å². The van der Waals surface area contributed by atoms with Gasteiger partial charge in [0.1, 0.15) is 47.6 Å². The van der Waals surface area contributed by atoms with Crippen LogP contribution < -0.4 is 19.3 Å². The van der Waals surface area contributed by atoms with Crippen LogP contribution in [-0.4, -0.2) is 65.1 Å². The number of carbonyl (C=O) groups excluding carboxylic acids is 1. The molecule has 1 aliphatic heterocycles. The quantitative estimate of drug-likeness (QED) is 0.0490. The summed E-state index contributed by atoms with van der Waals surface area (Å²) in [6.45, 7) is -0.376. The van der Waals surface area contributed by atoms with E-state index in [0.717, 1.165) is 16.7 Å². The molecule has 326 valence electrons. The Balaban J connectivity index is 1.18. The predicted molar refractivity (Wildman–Crippen MR) is 237 cm³/mol. The minimum atomic E-state index is -4.49. The highest BCUT2D eigenvalue weighted by Crippen LogP contribution is 2.54. The lowest BCUT2D eigenvalue weighted by molar-refractivity contribution is -0.0924. The number of methoxy groups -OCH3 is 2. The lowest BCUT2D eigenvalue weighted by atomic mass is 9.80.